The fourth-order valence-electron chi connectivity index (χ4n) is 1.87. The van der Waals surface area contributed by atoms with Gasteiger partial charge in [-0.3, -0.25) is 0 Å². The van der Waals surface area contributed by atoms with E-state index in [9.17, 15) is 9.50 Å². The van der Waals surface area contributed by atoms with Gasteiger partial charge in [-0.1, -0.05) is 18.2 Å². The molecule has 1 atom stereocenters. The van der Waals surface area contributed by atoms with Crippen LogP contribution in [0.2, 0.25) is 0 Å². The van der Waals surface area contributed by atoms with Crippen molar-refractivity contribution in [2.24, 2.45) is 0 Å². The quantitative estimate of drug-likeness (QED) is 0.911. The van der Waals surface area contributed by atoms with Gasteiger partial charge in [-0.2, -0.15) is 0 Å². The highest BCUT2D eigenvalue weighted by Crippen LogP contribution is 2.23. The first-order chi connectivity index (χ1) is 9.60. The second kappa shape index (κ2) is 6.39. The maximum atomic E-state index is 13.6. The van der Waals surface area contributed by atoms with Crippen molar-refractivity contribution in [2.75, 3.05) is 13.7 Å². The van der Waals surface area contributed by atoms with E-state index in [2.05, 4.69) is 0 Å². The molecule has 1 N–H and O–H groups in total. The fourth-order valence-corrected chi connectivity index (χ4v) is 1.87. The van der Waals surface area contributed by atoms with Crippen molar-refractivity contribution in [1.29, 1.82) is 0 Å². The second-order valence-electron chi connectivity index (χ2n) is 4.54. The Morgan fingerprint density at radius 3 is 2.65 bits per heavy atom. The van der Waals surface area contributed by atoms with Crippen molar-refractivity contribution in [3.05, 3.63) is 59.4 Å². The summed E-state index contributed by atoms with van der Waals surface area (Å²) in [7, 11) is 1.40. The van der Waals surface area contributed by atoms with Gasteiger partial charge in [-0.05, 0) is 42.3 Å². The van der Waals surface area contributed by atoms with Crippen LogP contribution in [0.4, 0.5) is 4.39 Å². The van der Waals surface area contributed by atoms with Gasteiger partial charge in [0.2, 0.25) is 0 Å². The summed E-state index contributed by atoms with van der Waals surface area (Å²) in [6, 6.07) is 11.9. The number of aliphatic hydroxyl groups is 1. The molecule has 0 aliphatic carbocycles. The van der Waals surface area contributed by atoms with Crippen LogP contribution in [0.15, 0.2) is 42.5 Å². The minimum atomic E-state index is -0.893. The zero-order chi connectivity index (χ0) is 14.5. The topological polar surface area (TPSA) is 38.7 Å². The molecule has 0 saturated carbocycles. The van der Waals surface area contributed by atoms with Gasteiger partial charge >= 0.3 is 0 Å². The van der Waals surface area contributed by atoms with Crippen LogP contribution < -0.4 is 9.47 Å². The molecule has 2 aromatic rings. The molecule has 20 heavy (non-hydrogen) atoms. The molecule has 4 heteroatoms. The van der Waals surface area contributed by atoms with Gasteiger partial charge < -0.3 is 14.6 Å². The maximum Gasteiger partial charge on any atom is 0.165 e. The summed E-state index contributed by atoms with van der Waals surface area (Å²) < 4.78 is 23.9. The molecule has 0 bridgehead atoms. The lowest BCUT2D eigenvalue weighted by atomic mass is 10.1. The van der Waals surface area contributed by atoms with E-state index in [1.807, 2.05) is 31.2 Å². The summed E-state index contributed by atoms with van der Waals surface area (Å²) in [6.45, 7) is 2.03. The molecule has 0 heterocycles. The number of aryl methyl sites for hydroxylation is 1. The highest BCUT2D eigenvalue weighted by atomic mass is 19.1. The lowest BCUT2D eigenvalue weighted by molar-refractivity contribution is 0.108. The third-order valence-corrected chi connectivity index (χ3v) is 2.96. The van der Waals surface area contributed by atoms with E-state index in [0.29, 0.717) is 11.3 Å². The summed E-state index contributed by atoms with van der Waals surface area (Å²) in [4.78, 5) is 0. The molecule has 0 fully saturated rings. The van der Waals surface area contributed by atoms with Crippen molar-refractivity contribution >= 4 is 0 Å². The van der Waals surface area contributed by atoms with Gasteiger partial charge in [0.15, 0.2) is 11.6 Å². The van der Waals surface area contributed by atoms with E-state index in [0.717, 1.165) is 5.56 Å². The number of methoxy groups -OCH3 is 1. The number of ether oxygens (including phenoxy) is 2. The van der Waals surface area contributed by atoms with Crippen LogP contribution in [0.5, 0.6) is 11.5 Å². The predicted octanol–water partition coefficient (Wildman–Crippen LogP) is 3.26. The number of aliphatic hydroxyl groups excluding tert-OH is 1. The lowest BCUT2D eigenvalue weighted by Crippen LogP contribution is -2.10. The van der Waals surface area contributed by atoms with Crippen LogP contribution >= 0.6 is 0 Å². The van der Waals surface area contributed by atoms with Gasteiger partial charge in [0.05, 0.1) is 7.11 Å². The number of rotatable bonds is 5. The van der Waals surface area contributed by atoms with Crippen molar-refractivity contribution < 1.29 is 19.0 Å². The molecule has 0 aliphatic rings. The molecule has 0 radical (unpaired) electrons. The Balaban J connectivity index is 2.01. The third-order valence-electron chi connectivity index (χ3n) is 2.96. The Morgan fingerprint density at radius 1 is 1.20 bits per heavy atom. The second-order valence-corrected chi connectivity index (χ2v) is 4.54. The lowest BCUT2D eigenvalue weighted by Gasteiger charge is -2.14. The van der Waals surface area contributed by atoms with E-state index in [-0.39, 0.29) is 12.4 Å². The Bertz CT molecular complexity index is 584. The first-order valence-corrected chi connectivity index (χ1v) is 6.31. The summed E-state index contributed by atoms with van der Waals surface area (Å²) in [5.41, 5.74) is 1.53. The summed E-state index contributed by atoms with van der Waals surface area (Å²) in [5, 5.41) is 10.0. The van der Waals surface area contributed by atoms with Crippen LogP contribution in [-0.2, 0) is 0 Å². The number of halogens is 1. The van der Waals surface area contributed by atoms with Gasteiger partial charge in [0, 0.05) is 0 Å². The van der Waals surface area contributed by atoms with Crippen LogP contribution in [0, 0.1) is 12.7 Å². The SMILES string of the molecule is COc1ccc(C(O)COc2cccc(C)c2)cc1F. The number of hydrogen-bond acceptors (Lipinski definition) is 3. The van der Waals surface area contributed by atoms with Gasteiger partial charge in [-0.15, -0.1) is 0 Å². The summed E-state index contributed by atoms with van der Waals surface area (Å²) in [5.74, 6) is 0.332. The first-order valence-electron chi connectivity index (χ1n) is 6.31. The number of benzene rings is 2. The molecule has 0 saturated heterocycles. The molecule has 2 rings (SSSR count). The predicted molar refractivity (Wildman–Crippen MR) is 74.6 cm³/mol. The molecule has 106 valence electrons. The Morgan fingerprint density at radius 2 is 2.00 bits per heavy atom. The van der Waals surface area contributed by atoms with Crippen LogP contribution in [-0.4, -0.2) is 18.8 Å². The minimum absolute atomic E-state index is 0.0647. The van der Waals surface area contributed by atoms with Gasteiger partial charge in [-0.25, -0.2) is 4.39 Å². The standard InChI is InChI=1S/C16H17FO3/c1-11-4-3-5-13(8-11)20-10-15(18)12-6-7-16(19-2)14(17)9-12/h3-9,15,18H,10H2,1-2H3. The fraction of sp³-hybridized carbons (Fsp3) is 0.250. The molecule has 0 spiro atoms. The zero-order valence-corrected chi connectivity index (χ0v) is 11.5. The highest BCUT2D eigenvalue weighted by molar-refractivity contribution is 5.31. The minimum Gasteiger partial charge on any atom is -0.494 e. The molecule has 0 amide bonds. The molecular formula is C16H17FO3. The van der Waals surface area contributed by atoms with Gasteiger partial charge in [0.1, 0.15) is 18.5 Å². The third kappa shape index (κ3) is 3.48. The molecule has 1 unspecified atom stereocenters. The van der Waals surface area contributed by atoms with Crippen molar-refractivity contribution in [2.45, 2.75) is 13.0 Å². The first kappa shape index (κ1) is 14.3. The van der Waals surface area contributed by atoms with Crippen LogP contribution in [0.1, 0.15) is 17.2 Å². The van der Waals surface area contributed by atoms with Crippen molar-refractivity contribution in [3.63, 3.8) is 0 Å². The normalized spacial score (nSPS) is 12.0. The Kier molecular flexibility index (Phi) is 4.58. The average Bonchev–Trinajstić information content (AvgIpc) is 2.44. The summed E-state index contributed by atoms with van der Waals surface area (Å²) >= 11 is 0. The smallest absolute Gasteiger partial charge is 0.165 e. The molecule has 0 aliphatic heterocycles. The van der Waals surface area contributed by atoms with E-state index < -0.39 is 11.9 Å². The molecule has 0 aromatic heterocycles. The van der Waals surface area contributed by atoms with E-state index in [1.165, 1.54) is 19.2 Å². The largest absolute Gasteiger partial charge is 0.494 e. The Labute approximate surface area is 117 Å². The van der Waals surface area contributed by atoms with Crippen molar-refractivity contribution in [3.8, 4) is 11.5 Å². The monoisotopic (exact) mass is 276 g/mol. The molecule has 3 nitrogen and oxygen atoms in total. The van der Waals surface area contributed by atoms with E-state index in [1.54, 1.807) is 6.07 Å². The van der Waals surface area contributed by atoms with E-state index in [4.69, 9.17) is 9.47 Å². The molecule has 2 aromatic carbocycles. The van der Waals surface area contributed by atoms with Crippen molar-refractivity contribution in [1.82, 2.24) is 0 Å². The van der Waals surface area contributed by atoms with Gasteiger partial charge in [0.25, 0.3) is 0 Å². The number of hydrogen-bond donors (Lipinski definition) is 1. The highest BCUT2D eigenvalue weighted by Gasteiger charge is 2.12. The zero-order valence-electron chi connectivity index (χ0n) is 11.5. The summed E-state index contributed by atoms with van der Waals surface area (Å²) in [6.07, 6.45) is -0.893. The van der Waals surface area contributed by atoms with Crippen LogP contribution in [0.3, 0.4) is 0 Å². The Hall–Kier alpha value is -2.07. The van der Waals surface area contributed by atoms with E-state index >= 15 is 0 Å². The van der Waals surface area contributed by atoms with Crippen LogP contribution in [0.25, 0.3) is 0 Å². The maximum absolute atomic E-state index is 13.6. The molecular weight excluding hydrogens is 259 g/mol. The average molecular weight is 276 g/mol.